The number of carbonyl (C=O) groups excluding carboxylic acids is 2. The first-order valence-electron chi connectivity index (χ1n) is 5.59. The average molecular weight is 295 g/mol. The van der Waals surface area contributed by atoms with E-state index in [4.69, 9.17) is 9.15 Å². The average Bonchev–Trinajstić information content (AvgIpc) is 3.12. The van der Waals surface area contributed by atoms with Crippen molar-refractivity contribution in [1.29, 1.82) is 0 Å². The number of methoxy groups -OCH3 is 1. The maximum absolute atomic E-state index is 11.6. The molecule has 0 fully saturated rings. The second-order valence-electron chi connectivity index (χ2n) is 3.73. The van der Waals surface area contributed by atoms with Crippen molar-refractivity contribution >= 4 is 17.8 Å². The largest absolute Gasteiger partial charge is 0.463 e. The molecule has 0 amide bonds. The minimum atomic E-state index is -0.890. The Balaban J connectivity index is 1.95. The van der Waals surface area contributed by atoms with Crippen LogP contribution in [0.4, 0.5) is 5.88 Å². The summed E-state index contributed by atoms with van der Waals surface area (Å²) < 4.78 is 19.0. The van der Waals surface area contributed by atoms with Crippen molar-refractivity contribution in [3.63, 3.8) is 0 Å². The second kappa shape index (κ2) is 5.90. The Hall–Kier alpha value is -3.10. The van der Waals surface area contributed by atoms with Gasteiger partial charge >= 0.3 is 17.8 Å². The Morgan fingerprint density at radius 2 is 1.81 bits per heavy atom. The Morgan fingerprint density at radius 1 is 1.14 bits per heavy atom. The highest BCUT2D eigenvalue weighted by Gasteiger charge is 2.19. The summed E-state index contributed by atoms with van der Waals surface area (Å²) in [6.45, 7) is -0.260. The van der Waals surface area contributed by atoms with Gasteiger partial charge in [-0.15, -0.1) is 0 Å². The van der Waals surface area contributed by atoms with Gasteiger partial charge in [0.1, 0.15) is 17.3 Å². The standard InChI is InChI=1S/C12H9NO8/c1-18-11(14)8-3-2-7(20-8)6-19-12(15)9-4-5-10(21-9)13(16)17/h2-5H,6H2,1H3. The van der Waals surface area contributed by atoms with Crippen LogP contribution in [-0.4, -0.2) is 24.0 Å². The van der Waals surface area contributed by atoms with Crippen LogP contribution in [0.2, 0.25) is 0 Å². The molecule has 2 rings (SSSR count). The molecule has 0 spiro atoms. The molecule has 9 heteroatoms. The molecule has 2 heterocycles. The summed E-state index contributed by atoms with van der Waals surface area (Å²) in [5.41, 5.74) is 0. The minimum Gasteiger partial charge on any atom is -0.463 e. The van der Waals surface area contributed by atoms with Crippen molar-refractivity contribution in [2.75, 3.05) is 7.11 Å². The molecule has 21 heavy (non-hydrogen) atoms. The number of furan rings is 2. The van der Waals surface area contributed by atoms with Crippen LogP contribution in [0, 0.1) is 10.1 Å². The lowest BCUT2D eigenvalue weighted by Crippen LogP contribution is -2.03. The summed E-state index contributed by atoms with van der Waals surface area (Å²) in [5.74, 6) is -2.23. The van der Waals surface area contributed by atoms with Crippen LogP contribution in [0.1, 0.15) is 26.9 Å². The van der Waals surface area contributed by atoms with E-state index >= 15 is 0 Å². The molecule has 0 atom stereocenters. The third-order valence-electron chi connectivity index (χ3n) is 2.37. The fraction of sp³-hybridized carbons (Fsp3) is 0.167. The van der Waals surface area contributed by atoms with E-state index in [1.165, 1.54) is 19.2 Å². The Bertz CT molecular complexity index is 683. The molecule has 0 unspecified atom stereocenters. The van der Waals surface area contributed by atoms with E-state index in [0.29, 0.717) is 0 Å². The van der Waals surface area contributed by atoms with Crippen LogP contribution in [0.15, 0.2) is 33.1 Å². The molecule has 110 valence electrons. The van der Waals surface area contributed by atoms with Crippen molar-refractivity contribution < 1.29 is 32.8 Å². The number of nitro groups is 1. The van der Waals surface area contributed by atoms with E-state index in [2.05, 4.69) is 9.15 Å². The quantitative estimate of drug-likeness (QED) is 0.465. The number of hydrogen-bond acceptors (Lipinski definition) is 8. The zero-order valence-corrected chi connectivity index (χ0v) is 10.7. The number of rotatable bonds is 5. The second-order valence-corrected chi connectivity index (χ2v) is 3.73. The number of ether oxygens (including phenoxy) is 2. The topological polar surface area (TPSA) is 122 Å². The van der Waals surface area contributed by atoms with Gasteiger partial charge < -0.3 is 18.3 Å². The molecule has 0 N–H and O–H groups in total. The van der Waals surface area contributed by atoms with Gasteiger partial charge in [0.2, 0.25) is 11.5 Å². The predicted molar refractivity (Wildman–Crippen MR) is 64.5 cm³/mol. The maximum atomic E-state index is 11.6. The van der Waals surface area contributed by atoms with Gasteiger partial charge in [-0.25, -0.2) is 9.59 Å². The number of carbonyl (C=O) groups is 2. The lowest BCUT2D eigenvalue weighted by Gasteiger charge is -1.99. The lowest BCUT2D eigenvalue weighted by atomic mass is 10.4. The van der Waals surface area contributed by atoms with Crippen LogP contribution in [-0.2, 0) is 16.1 Å². The van der Waals surface area contributed by atoms with Gasteiger partial charge in [-0.2, -0.15) is 0 Å². The Kier molecular flexibility index (Phi) is 4.02. The molecule has 0 radical (unpaired) electrons. The fourth-order valence-corrected chi connectivity index (χ4v) is 1.41. The normalized spacial score (nSPS) is 10.1. The van der Waals surface area contributed by atoms with Crippen molar-refractivity contribution in [2.24, 2.45) is 0 Å². The van der Waals surface area contributed by atoms with Crippen molar-refractivity contribution in [3.05, 3.63) is 51.7 Å². The zero-order chi connectivity index (χ0) is 15.4. The van der Waals surface area contributed by atoms with Crippen molar-refractivity contribution in [1.82, 2.24) is 0 Å². The van der Waals surface area contributed by atoms with Gasteiger partial charge in [0.05, 0.1) is 13.2 Å². The van der Waals surface area contributed by atoms with E-state index < -0.39 is 22.7 Å². The third-order valence-corrected chi connectivity index (χ3v) is 2.37. The van der Waals surface area contributed by atoms with Crippen LogP contribution >= 0.6 is 0 Å². The number of esters is 2. The van der Waals surface area contributed by atoms with Gasteiger partial charge in [-0.1, -0.05) is 0 Å². The first kappa shape index (κ1) is 14.3. The monoisotopic (exact) mass is 295 g/mol. The summed E-state index contributed by atoms with van der Waals surface area (Å²) in [4.78, 5) is 32.4. The Labute approximate surface area is 117 Å². The molecule has 0 aliphatic heterocycles. The summed E-state index contributed by atoms with van der Waals surface area (Å²) in [7, 11) is 1.20. The van der Waals surface area contributed by atoms with E-state index in [9.17, 15) is 19.7 Å². The molecule has 9 nitrogen and oxygen atoms in total. The van der Waals surface area contributed by atoms with Crippen molar-refractivity contribution in [2.45, 2.75) is 6.61 Å². The minimum absolute atomic E-state index is 0.0304. The van der Waals surface area contributed by atoms with Gasteiger partial charge in [0.25, 0.3) is 0 Å². The zero-order valence-electron chi connectivity index (χ0n) is 10.7. The molecule has 0 saturated carbocycles. The molecule has 2 aromatic rings. The van der Waals surface area contributed by atoms with E-state index in [0.717, 1.165) is 12.1 Å². The molecule has 2 aromatic heterocycles. The van der Waals surface area contributed by atoms with Crippen molar-refractivity contribution in [3.8, 4) is 0 Å². The SMILES string of the molecule is COC(=O)c1ccc(COC(=O)c2ccc([N+](=O)[O-])o2)o1. The fourth-order valence-electron chi connectivity index (χ4n) is 1.41. The van der Waals surface area contributed by atoms with E-state index in [-0.39, 0.29) is 23.9 Å². The third kappa shape index (κ3) is 3.26. The van der Waals surface area contributed by atoms with Crippen LogP contribution in [0.5, 0.6) is 0 Å². The Morgan fingerprint density at radius 3 is 2.43 bits per heavy atom. The molecule has 0 aliphatic rings. The first-order chi connectivity index (χ1) is 10.0. The van der Waals surface area contributed by atoms with Gasteiger partial charge in [0, 0.05) is 0 Å². The maximum Gasteiger partial charge on any atom is 0.433 e. The van der Waals surface area contributed by atoms with E-state index in [1.807, 2.05) is 0 Å². The van der Waals surface area contributed by atoms with Gasteiger partial charge in [-0.3, -0.25) is 10.1 Å². The van der Waals surface area contributed by atoms with Gasteiger partial charge in [0.15, 0.2) is 0 Å². The highest BCUT2D eigenvalue weighted by Crippen LogP contribution is 2.17. The predicted octanol–water partition coefficient (Wildman–Crippen LogP) is 1.92. The molecule has 0 aliphatic carbocycles. The van der Waals surface area contributed by atoms with E-state index in [1.54, 1.807) is 0 Å². The summed E-state index contributed by atoms with van der Waals surface area (Å²) in [5, 5.41) is 10.4. The summed E-state index contributed by atoms with van der Waals surface area (Å²) >= 11 is 0. The molecular formula is C12H9NO8. The van der Waals surface area contributed by atoms with Crippen LogP contribution in [0.25, 0.3) is 0 Å². The molecular weight excluding hydrogens is 286 g/mol. The lowest BCUT2D eigenvalue weighted by molar-refractivity contribution is -0.402. The smallest absolute Gasteiger partial charge is 0.433 e. The highest BCUT2D eigenvalue weighted by atomic mass is 16.7. The number of hydrogen-bond donors (Lipinski definition) is 0. The van der Waals surface area contributed by atoms with Crippen LogP contribution < -0.4 is 0 Å². The van der Waals surface area contributed by atoms with Gasteiger partial charge in [-0.05, 0) is 18.2 Å². The summed E-state index contributed by atoms with van der Waals surface area (Å²) in [6.07, 6.45) is 0. The number of nitrogens with zero attached hydrogens (tertiary/aromatic N) is 1. The first-order valence-corrected chi connectivity index (χ1v) is 5.59. The van der Waals surface area contributed by atoms with Crippen LogP contribution in [0.3, 0.4) is 0 Å². The molecule has 0 aromatic carbocycles. The highest BCUT2D eigenvalue weighted by molar-refractivity contribution is 5.87. The molecule has 0 saturated heterocycles. The summed E-state index contributed by atoms with van der Waals surface area (Å²) in [6, 6.07) is 4.97. The molecule has 0 bridgehead atoms.